The molecule has 53 heavy (non-hydrogen) atoms. The molecule has 5 N–H and O–H groups in total. The number of hydrogen-bond donors (Lipinski definition) is 5. The number of rotatable bonds is 15. The Morgan fingerprint density at radius 2 is 1.49 bits per heavy atom. The van der Waals surface area contributed by atoms with E-state index in [2.05, 4.69) is 29.1 Å². The second-order valence-corrected chi connectivity index (χ2v) is 10.9. The quantitative estimate of drug-likeness (QED) is 0.0680. The van der Waals surface area contributed by atoms with Crippen molar-refractivity contribution in [3.8, 4) is 22.5 Å². The Hall–Kier alpha value is -6.71. The van der Waals surface area contributed by atoms with Crippen molar-refractivity contribution in [1.82, 2.24) is 25.8 Å². The van der Waals surface area contributed by atoms with Gasteiger partial charge in [-0.15, -0.1) is 0 Å². The number of nitrogens with zero attached hydrogens (tertiary/aromatic N) is 2. The smallest absolute Gasteiger partial charge is 0.407 e. The molecule has 1 aliphatic heterocycles. The lowest BCUT2D eigenvalue weighted by atomic mass is 9.90. The molecular weight excluding hydrogens is 688 g/mol. The Labute approximate surface area is 306 Å². The first-order valence-electron chi connectivity index (χ1n) is 16.4. The lowest BCUT2D eigenvalue weighted by molar-refractivity contribution is -0.254. The highest BCUT2D eigenvalue weighted by Gasteiger charge is 2.22. The first kappa shape index (κ1) is 40.7. The Bertz CT molecular complexity index is 1950. The van der Waals surface area contributed by atoms with Crippen molar-refractivity contribution in [2.75, 3.05) is 72.5 Å². The molecule has 0 aromatic heterocycles. The molecular formula is C37H44N6O10. The molecule has 4 rings (SSSR count). The zero-order valence-electron chi connectivity index (χ0n) is 30.0. The maximum atomic E-state index is 12.2. The van der Waals surface area contributed by atoms with Crippen LogP contribution >= 0.6 is 0 Å². The Balaban J connectivity index is 0.00000141. The van der Waals surface area contributed by atoms with Crippen molar-refractivity contribution in [3.05, 3.63) is 96.8 Å². The van der Waals surface area contributed by atoms with Crippen LogP contribution in [0.1, 0.15) is 10.4 Å². The van der Waals surface area contributed by atoms with E-state index in [9.17, 15) is 24.3 Å². The number of alkyl carbamates (subject to hydrolysis) is 2. The second-order valence-electron chi connectivity index (χ2n) is 10.9. The number of aromatic carboxylic acids is 1. The van der Waals surface area contributed by atoms with Crippen LogP contribution in [0.25, 0.3) is 33.4 Å². The summed E-state index contributed by atoms with van der Waals surface area (Å²) in [6.45, 7) is 9.30. The summed E-state index contributed by atoms with van der Waals surface area (Å²) in [5.74, 6) is -0.413. The molecule has 0 atom stereocenters. The predicted molar refractivity (Wildman–Crippen MR) is 197 cm³/mol. The molecule has 1 aliphatic carbocycles. The van der Waals surface area contributed by atoms with E-state index >= 15 is 0 Å². The molecule has 16 heteroatoms. The van der Waals surface area contributed by atoms with Gasteiger partial charge in [0, 0.05) is 68.1 Å². The predicted octanol–water partition coefficient (Wildman–Crippen LogP) is 2.59. The number of amides is 3. The average molecular weight is 733 g/mol. The number of ether oxygens (including phenoxy) is 3. The number of nitrogens with one attached hydrogen (secondary N) is 4. The van der Waals surface area contributed by atoms with Crippen LogP contribution in [0.5, 0.6) is 0 Å². The van der Waals surface area contributed by atoms with Gasteiger partial charge in [-0.05, 0) is 36.5 Å². The maximum absolute atomic E-state index is 12.2. The van der Waals surface area contributed by atoms with Gasteiger partial charge in [0.15, 0.2) is 25.6 Å². The van der Waals surface area contributed by atoms with Gasteiger partial charge in [0.25, 0.3) is 0 Å². The second kappa shape index (κ2) is 20.2. The molecule has 16 nitrogen and oxygen atoms in total. The first-order chi connectivity index (χ1) is 25.5. The zero-order chi connectivity index (χ0) is 38.9. The van der Waals surface area contributed by atoms with Crippen molar-refractivity contribution in [1.29, 1.82) is 0 Å². The minimum Gasteiger partial charge on any atom is -0.545 e. The average Bonchev–Trinajstić information content (AvgIpc) is 3.17. The Morgan fingerprint density at radius 3 is 2.09 bits per heavy atom. The van der Waals surface area contributed by atoms with Gasteiger partial charge in [0.05, 0.1) is 18.6 Å². The summed E-state index contributed by atoms with van der Waals surface area (Å²) >= 11 is 0. The highest BCUT2D eigenvalue weighted by molar-refractivity contribution is 6.07. The molecule has 3 amide bonds. The number of carbonyl (C=O) groups is 4. The Kier molecular flexibility index (Phi) is 15.5. The van der Waals surface area contributed by atoms with E-state index in [1.165, 1.54) is 27.2 Å². The molecule has 282 valence electrons. The number of carbonyl (C=O) groups excluding carboxylic acids is 3. The molecule has 0 unspecified atom stereocenters. The number of benzene rings is 3. The van der Waals surface area contributed by atoms with Crippen molar-refractivity contribution in [3.63, 3.8) is 0 Å². The third-order valence-electron chi connectivity index (χ3n) is 7.72. The number of hydrogen-bond acceptors (Lipinski definition) is 11. The zero-order valence-corrected chi connectivity index (χ0v) is 30.0. The van der Waals surface area contributed by atoms with Crippen LogP contribution in [0, 0.1) is 0 Å². The molecule has 0 saturated heterocycles. The van der Waals surface area contributed by atoms with Crippen LogP contribution in [0.15, 0.2) is 90.3 Å². The normalized spacial score (nSPS) is 10.9. The molecule has 2 aliphatic rings. The fraction of sp³-hybridized carbons (Fsp3) is 0.270. The summed E-state index contributed by atoms with van der Waals surface area (Å²) in [5.41, 5.74) is 3.02. The molecule has 0 saturated carbocycles. The molecule has 0 radical (unpaired) electrons. The van der Waals surface area contributed by atoms with Crippen molar-refractivity contribution in [2.45, 2.75) is 0 Å². The van der Waals surface area contributed by atoms with Gasteiger partial charge in [-0.2, -0.15) is 0 Å². The fourth-order valence-corrected chi connectivity index (χ4v) is 5.09. The standard InChI is InChI=1S/C35H39N5O8.C2H5NO2/c1-6-39(15-19-46-34(43)37-4)24-11-13-28-30(21-24)48-31-22-25(40(16-18-45-23(2)36-3)17-20-47-35(44)38-5)12-14-29(31)32(28)26-9-7-8-10-27(26)33(41)42;1-3-2(4)5/h6-14,21-22,36H,1-2,15-20H2,3-5H3,(H2-,37,38,41,42,43,44);3H,1H3,(H,4,5). The highest BCUT2D eigenvalue weighted by atomic mass is 16.6. The number of carboxylic acids is 1. The van der Waals surface area contributed by atoms with Crippen LogP contribution in [-0.4, -0.2) is 97.0 Å². The molecule has 0 spiro atoms. The largest absolute Gasteiger partial charge is 0.545 e. The number of anilines is 1. The summed E-state index contributed by atoms with van der Waals surface area (Å²) in [6.07, 6.45) is -0.469. The van der Waals surface area contributed by atoms with Crippen LogP contribution in [0.4, 0.5) is 20.1 Å². The van der Waals surface area contributed by atoms with Gasteiger partial charge in [0.1, 0.15) is 24.6 Å². The van der Waals surface area contributed by atoms with Crippen LogP contribution in [-0.2, 0) is 14.2 Å². The molecule has 0 fully saturated rings. The fourth-order valence-electron chi connectivity index (χ4n) is 5.09. The molecule has 2 aromatic carbocycles. The van der Waals surface area contributed by atoms with Crippen molar-refractivity contribution < 1.29 is 48.0 Å². The van der Waals surface area contributed by atoms with Gasteiger partial charge in [-0.25, -0.2) is 19.0 Å². The molecule has 1 heterocycles. The van der Waals surface area contributed by atoms with Gasteiger partial charge < -0.3 is 59.8 Å². The van der Waals surface area contributed by atoms with Gasteiger partial charge >= 0.3 is 18.3 Å². The van der Waals surface area contributed by atoms with Crippen LogP contribution in [0.2, 0.25) is 0 Å². The summed E-state index contributed by atoms with van der Waals surface area (Å²) in [6, 6.07) is 17.8. The van der Waals surface area contributed by atoms with E-state index < -0.39 is 24.2 Å². The minimum atomic E-state index is -1.31. The third-order valence-corrected chi connectivity index (χ3v) is 7.72. The highest BCUT2D eigenvalue weighted by Crippen LogP contribution is 2.42. The van der Waals surface area contributed by atoms with Crippen molar-refractivity contribution >= 4 is 40.9 Å². The SMILES string of the molecule is C=CN(CCOC(=O)NC)c1ccc2c(-c3ccccc3C(=O)[O-])c3ccc(=[N+](CCOC(=C)NC)CCOC(=O)NC)cc-3oc2c1.CNC(=O)O. The van der Waals surface area contributed by atoms with E-state index in [-0.39, 0.29) is 18.8 Å². The molecule has 0 bridgehead atoms. The van der Waals surface area contributed by atoms with Gasteiger partial charge in [-0.3, -0.25) is 0 Å². The minimum absolute atomic E-state index is 0.0356. The lowest BCUT2D eigenvalue weighted by Gasteiger charge is -2.22. The van der Waals surface area contributed by atoms with Gasteiger partial charge in [-0.1, -0.05) is 30.8 Å². The summed E-state index contributed by atoms with van der Waals surface area (Å²) < 4.78 is 24.5. The third kappa shape index (κ3) is 11.4. The van der Waals surface area contributed by atoms with Crippen LogP contribution in [0.3, 0.4) is 0 Å². The molecule has 2 aromatic rings. The number of fused-ring (bicyclic) bond motifs is 2. The van der Waals surface area contributed by atoms with E-state index in [0.717, 1.165) is 5.36 Å². The van der Waals surface area contributed by atoms with Crippen molar-refractivity contribution in [2.24, 2.45) is 0 Å². The Morgan fingerprint density at radius 1 is 0.849 bits per heavy atom. The summed E-state index contributed by atoms with van der Waals surface area (Å²) in [7, 11) is 6.03. The van der Waals surface area contributed by atoms with E-state index in [1.807, 2.05) is 46.3 Å². The monoisotopic (exact) mass is 732 g/mol. The van der Waals surface area contributed by atoms with E-state index in [0.29, 0.717) is 71.2 Å². The topological polar surface area (TPSA) is 207 Å². The van der Waals surface area contributed by atoms with E-state index in [1.54, 1.807) is 36.3 Å². The van der Waals surface area contributed by atoms with E-state index in [4.69, 9.17) is 23.7 Å². The maximum Gasteiger partial charge on any atom is 0.407 e. The summed E-state index contributed by atoms with van der Waals surface area (Å²) in [5, 5.41) is 30.9. The van der Waals surface area contributed by atoms with Gasteiger partial charge in [0.2, 0.25) is 5.36 Å². The number of carboxylic acid groups (broad SMARTS) is 2. The van der Waals surface area contributed by atoms with Crippen LogP contribution < -0.4 is 41.2 Å². The lowest BCUT2D eigenvalue weighted by Crippen LogP contribution is -2.37. The summed E-state index contributed by atoms with van der Waals surface area (Å²) in [4.78, 5) is 46.6. The first-order valence-corrected chi connectivity index (χ1v) is 16.4.